The van der Waals surface area contributed by atoms with Gasteiger partial charge in [0.15, 0.2) is 5.82 Å². The maximum atomic E-state index is 13.3. The van der Waals surface area contributed by atoms with Gasteiger partial charge in [0.05, 0.1) is 17.3 Å². The molecule has 0 unspecified atom stereocenters. The molecule has 33 heavy (non-hydrogen) atoms. The molecule has 1 saturated heterocycles. The molecule has 1 aliphatic heterocycles. The summed E-state index contributed by atoms with van der Waals surface area (Å²) in [6.45, 7) is 0.669. The molecule has 3 aromatic heterocycles. The van der Waals surface area contributed by atoms with Crippen LogP contribution in [-0.4, -0.2) is 37.3 Å². The van der Waals surface area contributed by atoms with E-state index in [0.717, 1.165) is 36.2 Å². The van der Waals surface area contributed by atoms with Gasteiger partial charge in [-0.1, -0.05) is 18.2 Å². The molecule has 5 rings (SSSR count). The fraction of sp³-hybridized carbons (Fsp3) is 0.192. The number of rotatable bonds is 5. The summed E-state index contributed by atoms with van der Waals surface area (Å²) in [5.41, 5.74) is 3.26. The Morgan fingerprint density at radius 3 is 2.55 bits per heavy atom. The van der Waals surface area contributed by atoms with E-state index in [1.807, 2.05) is 53.4 Å². The molecule has 0 spiro atoms. The van der Waals surface area contributed by atoms with Crippen molar-refractivity contribution in [3.8, 4) is 11.3 Å². The lowest BCUT2D eigenvalue weighted by atomic mass is 10.00. The van der Waals surface area contributed by atoms with Gasteiger partial charge in [-0.15, -0.1) is 0 Å². The van der Waals surface area contributed by atoms with Crippen molar-refractivity contribution < 1.29 is 4.79 Å². The molecule has 7 heteroatoms. The first kappa shape index (κ1) is 20.8. The zero-order valence-corrected chi connectivity index (χ0v) is 18.1. The Kier molecular flexibility index (Phi) is 6.01. The van der Waals surface area contributed by atoms with Gasteiger partial charge in [0.1, 0.15) is 5.82 Å². The number of nitrogens with one attached hydrogen (secondary N) is 1. The largest absolute Gasteiger partial charge is 0.340 e. The molecule has 1 fully saturated rings. The van der Waals surface area contributed by atoms with Crippen LogP contribution in [0.15, 0.2) is 85.5 Å². The number of benzene rings is 1. The van der Waals surface area contributed by atoms with Crippen LogP contribution in [0.25, 0.3) is 11.3 Å². The predicted octanol–water partition coefficient (Wildman–Crippen LogP) is 5.04. The minimum atomic E-state index is -0.204. The molecule has 4 aromatic rings. The first-order valence-electron chi connectivity index (χ1n) is 11.1. The van der Waals surface area contributed by atoms with Crippen molar-refractivity contribution >= 4 is 17.4 Å². The van der Waals surface area contributed by atoms with Gasteiger partial charge in [0, 0.05) is 48.6 Å². The standard InChI is InChI=1S/C26H24N6O/c33-26(20-7-6-13-28-18-20)32-16-5-4-10-23(32)25-30-22(19-11-14-27-15-12-19)17-24(31-25)29-21-8-2-1-3-9-21/h1-3,6-9,11-15,17-18,23H,4-5,10,16H2,(H,29,30,31)/t23-/m0/s1. The van der Waals surface area contributed by atoms with E-state index >= 15 is 0 Å². The van der Waals surface area contributed by atoms with Crippen LogP contribution in [0.5, 0.6) is 0 Å². The van der Waals surface area contributed by atoms with Gasteiger partial charge >= 0.3 is 0 Å². The predicted molar refractivity (Wildman–Crippen MR) is 127 cm³/mol. The number of amides is 1. The molecule has 1 aliphatic rings. The van der Waals surface area contributed by atoms with Gasteiger partial charge in [0.25, 0.3) is 5.91 Å². The van der Waals surface area contributed by atoms with E-state index in [-0.39, 0.29) is 11.9 Å². The smallest absolute Gasteiger partial charge is 0.256 e. The second-order valence-corrected chi connectivity index (χ2v) is 7.98. The van der Waals surface area contributed by atoms with Crippen molar-refractivity contribution in [1.29, 1.82) is 0 Å². The number of nitrogens with zero attached hydrogens (tertiary/aromatic N) is 5. The summed E-state index contributed by atoms with van der Waals surface area (Å²) in [5, 5.41) is 3.39. The van der Waals surface area contributed by atoms with E-state index in [2.05, 4.69) is 15.3 Å². The summed E-state index contributed by atoms with van der Waals surface area (Å²) in [5.74, 6) is 1.29. The molecule has 0 saturated carbocycles. The van der Waals surface area contributed by atoms with Crippen LogP contribution >= 0.6 is 0 Å². The normalized spacial score (nSPS) is 15.8. The van der Waals surface area contributed by atoms with Crippen LogP contribution in [0.3, 0.4) is 0 Å². The number of carbonyl (C=O) groups excluding carboxylic acids is 1. The van der Waals surface area contributed by atoms with E-state index in [9.17, 15) is 4.79 Å². The van der Waals surface area contributed by atoms with Crippen LogP contribution in [0, 0.1) is 0 Å². The average molecular weight is 437 g/mol. The van der Waals surface area contributed by atoms with Gasteiger partial charge in [-0.3, -0.25) is 14.8 Å². The first-order valence-corrected chi connectivity index (χ1v) is 11.1. The highest BCUT2D eigenvalue weighted by atomic mass is 16.2. The van der Waals surface area contributed by atoms with Crippen LogP contribution < -0.4 is 5.32 Å². The first-order chi connectivity index (χ1) is 16.3. The Morgan fingerprint density at radius 1 is 0.909 bits per heavy atom. The summed E-state index contributed by atoms with van der Waals surface area (Å²) in [4.78, 5) is 33.2. The van der Waals surface area contributed by atoms with Gasteiger partial charge < -0.3 is 10.2 Å². The summed E-state index contributed by atoms with van der Waals surface area (Å²) in [6, 6.07) is 19.1. The van der Waals surface area contributed by atoms with Crippen LogP contribution in [0.1, 0.15) is 41.5 Å². The number of carbonyl (C=O) groups is 1. The monoisotopic (exact) mass is 436 g/mol. The van der Waals surface area contributed by atoms with Crippen molar-refractivity contribution in [3.63, 3.8) is 0 Å². The lowest BCUT2D eigenvalue weighted by Gasteiger charge is -2.35. The zero-order chi connectivity index (χ0) is 22.5. The van der Waals surface area contributed by atoms with E-state index < -0.39 is 0 Å². The Bertz CT molecular complexity index is 1220. The molecule has 164 valence electrons. The van der Waals surface area contributed by atoms with Gasteiger partial charge in [-0.05, 0) is 55.7 Å². The number of hydrogen-bond acceptors (Lipinski definition) is 6. The molecule has 1 N–H and O–H groups in total. The minimum Gasteiger partial charge on any atom is -0.340 e. The van der Waals surface area contributed by atoms with Gasteiger partial charge in [0.2, 0.25) is 0 Å². The molecule has 1 atom stereocenters. The summed E-state index contributed by atoms with van der Waals surface area (Å²) < 4.78 is 0. The fourth-order valence-electron chi connectivity index (χ4n) is 4.12. The molecule has 1 aromatic carbocycles. The van der Waals surface area contributed by atoms with Gasteiger partial charge in [-0.25, -0.2) is 9.97 Å². The highest BCUT2D eigenvalue weighted by molar-refractivity contribution is 5.94. The third-order valence-corrected chi connectivity index (χ3v) is 5.74. The average Bonchev–Trinajstić information content (AvgIpc) is 2.90. The Labute approximate surface area is 192 Å². The molecule has 0 radical (unpaired) electrons. The Hall–Kier alpha value is -4.13. The second-order valence-electron chi connectivity index (χ2n) is 7.98. The Morgan fingerprint density at radius 2 is 1.76 bits per heavy atom. The topological polar surface area (TPSA) is 83.9 Å². The minimum absolute atomic E-state index is 0.0386. The van der Waals surface area contributed by atoms with Gasteiger partial charge in [-0.2, -0.15) is 0 Å². The number of aromatic nitrogens is 4. The van der Waals surface area contributed by atoms with Crippen molar-refractivity contribution in [2.24, 2.45) is 0 Å². The molecule has 0 aliphatic carbocycles. The molecular formula is C26H24N6O. The quantitative estimate of drug-likeness (QED) is 0.472. The molecular weight excluding hydrogens is 412 g/mol. The number of piperidine rings is 1. The lowest BCUT2D eigenvalue weighted by Crippen LogP contribution is -2.39. The number of hydrogen-bond donors (Lipinski definition) is 1. The van der Waals surface area contributed by atoms with Crippen molar-refractivity contribution in [2.45, 2.75) is 25.3 Å². The number of pyridine rings is 2. The third kappa shape index (κ3) is 4.72. The maximum absolute atomic E-state index is 13.3. The van der Waals surface area contributed by atoms with Crippen LogP contribution in [-0.2, 0) is 0 Å². The number of para-hydroxylation sites is 1. The number of likely N-dealkylation sites (tertiary alicyclic amines) is 1. The van der Waals surface area contributed by atoms with Crippen molar-refractivity contribution in [3.05, 3.63) is 96.8 Å². The van der Waals surface area contributed by atoms with Crippen LogP contribution in [0.4, 0.5) is 11.5 Å². The number of anilines is 2. The van der Waals surface area contributed by atoms with E-state index in [1.165, 1.54) is 0 Å². The van der Waals surface area contributed by atoms with E-state index in [4.69, 9.17) is 9.97 Å². The molecule has 7 nitrogen and oxygen atoms in total. The fourth-order valence-corrected chi connectivity index (χ4v) is 4.12. The second kappa shape index (κ2) is 9.56. The van der Waals surface area contributed by atoms with Crippen molar-refractivity contribution in [2.75, 3.05) is 11.9 Å². The van der Waals surface area contributed by atoms with E-state index in [1.54, 1.807) is 36.9 Å². The molecule has 0 bridgehead atoms. The molecule has 4 heterocycles. The highest BCUT2D eigenvalue weighted by Gasteiger charge is 2.31. The maximum Gasteiger partial charge on any atom is 0.256 e. The van der Waals surface area contributed by atoms with E-state index in [0.29, 0.717) is 23.8 Å². The van der Waals surface area contributed by atoms with Crippen molar-refractivity contribution in [1.82, 2.24) is 24.8 Å². The highest BCUT2D eigenvalue weighted by Crippen LogP contribution is 2.33. The zero-order valence-electron chi connectivity index (χ0n) is 18.1. The summed E-state index contributed by atoms with van der Waals surface area (Å²) >= 11 is 0. The SMILES string of the molecule is O=C(c1cccnc1)N1CCCC[C@H]1c1nc(Nc2ccccc2)cc(-c2ccncc2)n1. The lowest BCUT2D eigenvalue weighted by molar-refractivity contribution is 0.0599. The van der Waals surface area contributed by atoms with Crippen LogP contribution in [0.2, 0.25) is 0 Å². The molecule has 1 amide bonds. The summed E-state index contributed by atoms with van der Waals surface area (Å²) in [7, 11) is 0. The Balaban J connectivity index is 1.55. The third-order valence-electron chi connectivity index (χ3n) is 5.74. The summed E-state index contributed by atoms with van der Waals surface area (Å²) in [6.07, 6.45) is 9.59.